The highest BCUT2D eigenvalue weighted by molar-refractivity contribution is 7.93. The van der Waals surface area contributed by atoms with Crippen LogP contribution in [0.3, 0.4) is 0 Å². The summed E-state index contributed by atoms with van der Waals surface area (Å²) in [6.07, 6.45) is 6.13. The Hall–Kier alpha value is -2.92. The first-order chi connectivity index (χ1) is 15.3. The minimum Gasteiger partial charge on any atom is -0.435 e. The molecule has 2 heterocycles. The molecule has 2 aromatic rings. The number of aryl methyl sites for hydroxylation is 1. The monoisotopic (exact) mass is 464 g/mol. The minimum absolute atomic E-state index is 0.0553. The average molecular weight is 464 g/mol. The van der Waals surface area contributed by atoms with Gasteiger partial charge in [0, 0.05) is 31.4 Å². The fraction of sp³-hybridized carbons (Fsp3) is 0.381. The topological polar surface area (TPSA) is 101 Å². The fourth-order valence-corrected chi connectivity index (χ4v) is 5.58. The molecule has 0 bridgehead atoms. The molecule has 1 N–H and O–H groups in total. The number of hydrogen-bond donors (Lipinski definition) is 1. The third-order valence-electron chi connectivity index (χ3n) is 5.59. The molecule has 0 saturated carbocycles. The Morgan fingerprint density at radius 2 is 1.88 bits per heavy atom. The van der Waals surface area contributed by atoms with Crippen LogP contribution < -0.4 is 10.1 Å². The fourth-order valence-electron chi connectivity index (χ4n) is 3.92. The molecule has 1 aromatic heterocycles. The van der Waals surface area contributed by atoms with Crippen LogP contribution in [0, 0.1) is 5.92 Å². The van der Waals surface area contributed by atoms with Crippen molar-refractivity contribution < 1.29 is 26.7 Å². The van der Waals surface area contributed by atoms with Crippen LogP contribution in [0.1, 0.15) is 30.4 Å². The van der Waals surface area contributed by atoms with Gasteiger partial charge in [0.15, 0.2) is 0 Å². The van der Waals surface area contributed by atoms with Gasteiger partial charge in [0.2, 0.25) is 21.9 Å². The number of fused-ring (bicyclic) bond motifs is 1. The molecule has 11 heteroatoms. The Labute approximate surface area is 184 Å². The average Bonchev–Trinajstić information content (AvgIpc) is 2.79. The summed E-state index contributed by atoms with van der Waals surface area (Å²) in [5.74, 6) is -0.263. The lowest BCUT2D eigenvalue weighted by molar-refractivity contribution is -0.121. The molecule has 0 unspecified atom stereocenters. The van der Waals surface area contributed by atoms with Gasteiger partial charge in [-0.2, -0.15) is 13.1 Å². The molecule has 8 nitrogen and oxygen atoms in total. The van der Waals surface area contributed by atoms with Crippen LogP contribution in [0.15, 0.2) is 41.6 Å². The molecule has 32 heavy (non-hydrogen) atoms. The van der Waals surface area contributed by atoms with Crippen molar-refractivity contribution >= 4 is 28.0 Å². The standard InChI is InChI=1S/C21H22F2N4O4S/c22-20(23)31-17-4-2-16-13-18(5-3-15(16)12-17)32(29,30)27-10-6-14(7-11-27)19(28)26-21-24-8-1-9-25-21/h1-2,4,8-9,12-14,20H,3,5-7,10-11H2,(H,24,25,26,28). The van der Waals surface area contributed by atoms with E-state index in [0.29, 0.717) is 24.8 Å². The molecule has 1 fully saturated rings. The number of anilines is 1. The zero-order valence-corrected chi connectivity index (χ0v) is 17.9. The van der Waals surface area contributed by atoms with Gasteiger partial charge in [0.25, 0.3) is 0 Å². The zero-order valence-electron chi connectivity index (χ0n) is 17.1. The number of carbonyl (C=O) groups excluding carboxylic acids is 1. The first-order valence-corrected chi connectivity index (χ1v) is 11.6. The summed E-state index contributed by atoms with van der Waals surface area (Å²) in [6.45, 7) is -2.43. The first-order valence-electron chi connectivity index (χ1n) is 10.2. The number of allylic oxidation sites excluding steroid dienone is 1. The number of amides is 1. The maximum atomic E-state index is 13.1. The third kappa shape index (κ3) is 4.94. The van der Waals surface area contributed by atoms with E-state index in [1.807, 2.05) is 0 Å². The number of halogens is 2. The molecule has 1 saturated heterocycles. The lowest BCUT2D eigenvalue weighted by Gasteiger charge is -2.31. The Bertz CT molecular complexity index is 1120. The second kappa shape index (κ2) is 9.29. The van der Waals surface area contributed by atoms with Crippen molar-refractivity contribution in [2.75, 3.05) is 18.4 Å². The molecule has 1 aromatic carbocycles. The van der Waals surface area contributed by atoms with E-state index in [4.69, 9.17) is 0 Å². The van der Waals surface area contributed by atoms with Crippen molar-refractivity contribution in [2.24, 2.45) is 5.92 Å². The molecule has 4 rings (SSSR count). The molecule has 170 valence electrons. The lowest BCUT2D eigenvalue weighted by atomic mass is 9.97. The van der Waals surface area contributed by atoms with E-state index in [1.165, 1.54) is 28.8 Å². The van der Waals surface area contributed by atoms with Crippen molar-refractivity contribution in [1.29, 1.82) is 0 Å². The number of nitrogens with one attached hydrogen (secondary N) is 1. The Morgan fingerprint density at radius 1 is 1.16 bits per heavy atom. The van der Waals surface area contributed by atoms with Crippen molar-refractivity contribution in [3.05, 3.63) is 52.7 Å². The van der Waals surface area contributed by atoms with Gasteiger partial charge in [-0.05, 0) is 61.1 Å². The van der Waals surface area contributed by atoms with Crippen LogP contribution in [0.5, 0.6) is 5.75 Å². The molecule has 0 spiro atoms. The molecular weight excluding hydrogens is 442 g/mol. The number of hydrogen-bond acceptors (Lipinski definition) is 6. The first kappa shape index (κ1) is 22.3. The Morgan fingerprint density at radius 3 is 2.56 bits per heavy atom. The van der Waals surface area contributed by atoms with Crippen molar-refractivity contribution in [2.45, 2.75) is 32.3 Å². The number of ether oxygens (including phenoxy) is 1. The van der Waals surface area contributed by atoms with Gasteiger partial charge >= 0.3 is 6.61 Å². The maximum absolute atomic E-state index is 13.1. The van der Waals surface area contributed by atoms with Gasteiger partial charge in [-0.25, -0.2) is 18.4 Å². The van der Waals surface area contributed by atoms with E-state index in [1.54, 1.807) is 18.2 Å². The number of sulfonamides is 1. The highest BCUT2D eigenvalue weighted by Crippen LogP contribution is 2.33. The van der Waals surface area contributed by atoms with Gasteiger partial charge in [-0.1, -0.05) is 6.07 Å². The number of alkyl halides is 2. The number of nitrogens with zero attached hydrogens (tertiary/aromatic N) is 3. The molecule has 0 radical (unpaired) electrons. The molecule has 1 aliphatic carbocycles. The summed E-state index contributed by atoms with van der Waals surface area (Å²) >= 11 is 0. The summed E-state index contributed by atoms with van der Waals surface area (Å²) in [7, 11) is -3.68. The Balaban J connectivity index is 1.40. The van der Waals surface area contributed by atoms with Crippen LogP contribution in [0.25, 0.3) is 6.08 Å². The molecule has 2 aliphatic rings. The predicted molar refractivity (Wildman–Crippen MR) is 113 cm³/mol. The minimum atomic E-state index is -3.68. The van der Waals surface area contributed by atoms with Crippen molar-refractivity contribution in [3.8, 4) is 5.75 Å². The number of piperidine rings is 1. The van der Waals surface area contributed by atoms with E-state index in [0.717, 1.165) is 5.56 Å². The molecule has 1 amide bonds. The van der Waals surface area contributed by atoms with Crippen LogP contribution in [-0.2, 0) is 21.2 Å². The van der Waals surface area contributed by atoms with Gasteiger partial charge < -0.3 is 4.74 Å². The summed E-state index contributed by atoms with van der Waals surface area (Å²) in [6, 6.07) is 6.15. The molecule has 1 aliphatic heterocycles. The number of aromatic nitrogens is 2. The second-order valence-electron chi connectivity index (χ2n) is 7.59. The van der Waals surface area contributed by atoms with Gasteiger partial charge in [0.05, 0.1) is 4.91 Å². The quantitative estimate of drug-likeness (QED) is 0.705. The van der Waals surface area contributed by atoms with E-state index in [9.17, 15) is 22.0 Å². The van der Waals surface area contributed by atoms with E-state index < -0.39 is 16.6 Å². The summed E-state index contributed by atoms with van der Waals surface area (Å²) in [4.78, 5) is 20.6. The number of benzene rings is 1. The van der Waals surface area contributed by atoms with E-state index in [2.05, 4.69) is 20.0 Å². The zero-order chi connectivity index (χ0) is 22.7. The largest absolute Gasteiger partial charge is 0.435 e. The van der Waals surface area contributed by atoms with Crippen LogP contribution >= 0.6 is 0 Å². The highest BCUT2D eigenvalue weighted by Gasteiger charge is 2.34. The smallest absolute Gasteiger partial charge is 0.387 e. The molecular formula is C21H22F2N4O4S. The highest BCUT2D eigenvalue weighted by atomic mass is 32.2. The van der Waals surface area contributed by atoms with E-state index in [-0.39, 0.29) is 47.9 Å². The molecule has 0 atom stereocenters. The van der Waals surface area contributed by atoms with Crippen molar-refractivity contribution in [1.82, 2.24) is 14.3 Å². The summed E-state index contributed by atoms with van der Waals surface area (Å²) in [5, 5.41) is 2.66. The number of rotatable bonds is 6. The summed E-state index contributed by atoms with van der Waals surface area (Å²) in [5.41, 5.74) is 1.44. The number of carbonyl (C=O) groups is 1. The Kier molecular flexibility index (Phi) is 6.47. The van der Waals surface area contributed by atoms with Crippen LogP contribution in [0.4, 0.5) is 14.7 Å². The normalized spacial score (nSPS) is 17.5. The van der Waals surface area contributed by atoms with Gasteiger partial charge in [0.1, 0.15) is 5.75 Å². The van der Waals surface area contributed by atoms with Crippen molar-refractivity contribution in [3.63, 3.8) is 0 Å². The SMILES string of the molecule is O=C(Nc1ncccn1)C1CCN(S(=O)(=O)C2=Cc3ccc(OC(F)F)cc3CC2)CC1. The lowest BCUT2D eigenvalue weighted by Crippen LogP contribution is -2.42. The summed E-state index contributed by atoms with van der Waals surface area (Å²) < 4.78 is 56.9. The van der Waals surface area contributed by atoms with Gasteiger partial charge in [-0.15, -0.1) is 0 Å². The van der Waals surface area contributed by atoms with Gasteiger partial charge in [-0.3, -0.25) is 10.1 Å². The van der Waals surface area contributed by atoms with E-state index >= 15 is 0 Å². The third-order valence-corrected chi connectivity index (χ3v) is 7.62. The van der Waals surface area contributed by atoms with Crippen LogP contribution in [-0.4, -0.2) is 48.3 Å². The van der Waals surface area contributed by atoms with Crippen LogP contribution in [0.2, 0.25) is 0 Å². The predicted octanol–water partition coefficient (Wildman–Crippen LogP) is 3.05. The maximum Gasteiger partial charge on any atom is 0.387 e. The second-order valence-corrected chi connectivity index (χ2v) is 9.58.